The lowest BCUT2D eigenvalue weighted by molar-refractivity contribution is -0.141. The number of aromatic nitrogens is 1. The number of nitrogens with one attached hydrogen (secondary N) is 1. The monoisotopic (exact) mass is 340 g/mol. The van der Waals surface area contributed by atoms with Crippen LogP contribution in [0.25, 0.3) is 10.9 Å². The van der Waals surface area contributed by atoms with Crippen LogP contribution in [0.15, 0.2) is 35.1 Å². The summed E-state index contributed by atoms with van der Waals surface area (Å²) in [5.74, 6) is -0.987. The number of para-hydroxylation sites is 1. The Labute approximate surface area is 144 Å². The summed E-state index contributed by atoms with van der Waals surface area (Å²) >= 11 is 0. The van der Waals surface area contributed by atoms with Gasteiger partial charge in [0.2, 0.25) is 5.56 Å². The second-order valence-corrected chi connectivity index (χ2v) is 7.01. The average Bonchev–Trinajstić information content (AvgIpc) is 3.00. The molecule has 2 N–H and O–H groups in total. The summed E-state index contributed by atoms with van der Waals surface area (Å²) in [6.07, 6.45) is 4.46. The molecule has 0 spiro atoms. The van der Waals surface area contributed by atoms with E-state index in [1.54, 1.807) is 23.1 Å². The van der Waals surface area contributed by atoms with E-state index in [0.717, 1.165) is 31.1 Å². The van der Waals surface area contributed by atoms with Gasteiger partial charge in [-0.1, -0.05) is 25.0 Å². The van der Waals surface area contributed by atoms with Crippen LogP contribution in [0.2, 0.25) is 0 Å². The van der Waals surface area contributed by atoms with Crippen molar-refractivity contribution in [3.05, 3.63) is 46.2 Å². The number of hydrogen-bond donors (Lipinski definition) is 2. The number of carboxylic acid groups (broad SMARTS) is 1. The Kier molecular flexibility index (Phi) is 3.82. The highest BCUT2D eigenvalue weighted by Crippen LogP contribution is 2.40. The highest BCUT2D eigenvalue weighted by Gasteiger charge is 2.47. The van der Waals surface area contributed by atoms with E-state index >= 15 is 0 Å². The second-order valence-electron chi connectivity index (χ2n) is 7.01. The summed E-state index contributed by atoms with van der Waals surface area (Å²) in [5, 5.41) is 10.4. The van der Waals surface area contributed by atoms with Crippen molar-refractivity contribution in [2.75, 3.05) is 0 Å². The molecule has 2 heterocycles. The first-order valence-corrected chi connectivity index (χ1v) is 8.74. The topological polar surface area (TPSA) is 90.5 Å². The first-order valence-electron chi connectivity index (χ1n) is 8.74. The van der Waals surface area contributed by atoms with Gasteiger partial charge >= 0.3 is 5.97 Å². The molecule has 2 fully saturated rings. The zero-order valence-corrected chi connectivity index (χ0v) is 13.8. The highest BCUT2D eigenvalue weighted by atomic mass is 16.4. The fraction of sp³-hybridized carbons (Fsp3) is 0.421. The van der Waals surface area contributed by atoms with Gasteiger partial charge in [0.25, 0.3) is 5.91 Å². The summed E-state index contributed by atoms with van der Waals surface area (Å²) < 4.78 is 0. The van der Waals surface area contributed by atoms with Crippen molar-refractivity contribution in [1.29, 1.82) is 0 Å². The maximum atomic E-state index is 13.3. The zero-order chi connectivity index (χ0) is 17.6. The van der Waals surface area contributed by atoms with E-state index in [2.05, 4.69) is 4.98 Å². The number of rotatable bonds is 2. The van der Waals surface area contributed by atoms with Crippen LogP contribution in [0, 0.1) is 5.92 Å². The molecule has 1 saturated carbocycles. The van der Waals surface area contributed by atoms with Crippen LogP contribution in [0.3, 0.4) is 0 Å². The second kappa shape index (κ2) is 6.02. The number of H-pyrrole nitrogens is 1. The lowest BCUT2D eigenvalue weighted by atomic mass is 9.84. The standard InChI is InChI=1S/C19H20N2O4/c22-16-9-8-11-5-3-6-13(17(11)20-16)18(23)21-14-7-2-1-4-12(14)10-15(21)19(24)25/h3,5-6,8-9,12,14-15H,1-2,4,7,10H2,(H,20,22)(H,24,25). The highest BCUT2D eigenvalue weighted by molar-refractivity contribution is 6.06. The number of amides is 1. The van der Waals surface area contributed by atoms with Gasteiger partial charge in [-0.05, 0) is 42.7 Å². The number of nitrogens with zero attached hydrogens (tertiary/aromatic N) is 1. The number of carbonyl (C=O) groups is 2. The summed E-state index contributed by atoms with van der Waals surface area (Å²) in [5.41, 5.74) is 0.565. The molecular weight excluding hydrogens is 320 g/mol. The Morgan fingerprint density at radius 2 is 1.92 bits per heavy atom. The van der Waals surface area contributed by atoms with Gasteiger partial charge < -0.3 is 15.0 Å². The van der Waals surface area contributed by atoms with Gasteiger partial charge in [0, 0.05) is 12.1 Å². The minimum absolute atomic E-state index is 0.0203. The maximum Gasteiger partial charge on any atom is 0.326 e. The van der Waals surface area contributed by atoms with Crippen LogP contribution >= 0.6 is 0 Å². The minimum atomic E-state index is -0.948. The third-order valence-electron chi connectivity index (χ3n) is 5.60. The average molecular weight is 340 g/mol. The van der Waals surface area contributed by atoms with Gasteiger partial charge in [0.1, 0.15) is 6.04 Å². The SMILES string of the molecule is O=C(O)C1CC2CCCCC2N1C(=O)c1cccc2ccc(=O)[nH]c12. The predicted molar refractivity (Wildman–Crippen MR) is 92.5 cm³/mol. The third kappa shape index (κ3) is 2.62. The van der Waals surface area contributed by atoms with Crippen molar-refractivity contribution in [3.8, 4) is 0 Å². The summed E-state index contributed by atoms with van der Waals surface area (Å²) in [6, 6.07) is 7.54. The molecule has 6 heteroatoms. The van der Waals surface area contributed by atoms with E-state index in [4.69, 9.17) is 0 Å². The Balaban J connectivity index is 1.80. The van der Waals surface area contributed by atoms with E-state index in [-0.39, 0.29) is 23.4 Å². The van der Waals surface area contributed by atoms with Crippen LogP contribution < -0.4 is 5.56 Å². The molecule has 6 nitrogen and oxygen atoms in total. The zero-order valence-electron chi connectivity index (χ0n) is 13.8. The molecule has 1 amide bonds. The summed E-state index contributed by atoms with van der Waals surface area (Å²) in [6.45, 7) is 0. The Hall–Kier alpha value is -2.63. The van der Waals surface area contributed by atoms with Crippen molar-refractivity contribution in [1.82, 2.24) is 9.88 Å². The Morgan fingerprint density at radius 3 is 2.72 bits per heavy atom. The minimum Gasteiger partial charge on any atom is -0.480 e. The fourth-order valence-corrected chi connectivity index (χ4v) is 4.47. The molecule has 2 aliphatic rings. The number of carbonyl (C=O) groups excluding carboxylic acids is 1. The molecule has 2 aromatic rings. The van der Waals surface area contributed by atoms with E-state index < -0.39 is 12.0 Å². The van der Waals surface area contributed by atoms with Gasteiger partial charge in [-0.2, -0.15) is 0 Å². The van der Waals surface area contributed by atoms with Crippen LogP contribution in [0.5, 0.6) is 0 Å². The van der Waals surface area contributed by atoms with Crippen molar-refractivity contribution >= 4 is 22.8 Å². The normalized spacial score (nSPS) is 25.8. The summed E-state index contributed by atoms with van der Waals surface area (Å²) in [4.78, 5) is 41.0. The van der Waals surface area contributed by atoms with Gasteiger partial charge in [0.15, 0.2) is 0 Å². The molecule has 1 saturated heterocycles. The van der Waals surface area contributed by atoms with Crippen LogP contribution in [-0.4, -0.2) is 39.0 Å². The molecule has 1 aromatic heterocycles. The van der Waals surface area contributed by atoms with Crippen LogP contribution in [0.1, 0.15) is 42.5 Å². The smallest absolute Gasteiger partial charge is 0.326 e. The van der Waals surface area contributed by atoms with E-state index in [1.165, 1.54) is 6.07 Å². The Morgan fingerprint density at radius 1 is 1.12 bits per heavy atom. The number of likely N-dealkylation sites (tertiary alicyclic amines) is 1. The molecule has 1 aliphatic carbocycles. The van der Waals surface area contributed by atoms with Crippen molar-refractivity contribution in [2.24, 2.45) is 5.92 Å². The number of aromatic amines is 1. The van der Waals surface area contributed by atoms with Crippen molar-refractivity contribution in [3.63, 3.8) is 0 Å². The fourth-order valence-electron chi connectivity index (χ4n) is 4.47. The van der Waals surface area contributed by atoms with E-state index in [9.17, 15) is 19.5 Å². The largest absolute Gasteiger partial charge is 0.480 e. The quantitative estimate of drug-likeness (QED) is 0.878. The van der Waals surface area contributed by atoms with Gasteiger partial charge in [-0.3, -0.25) is 9.59 Å². The number of fused-ring (bicyclic) bond motifs is 2. The number of pyridine rings is 1. The van der Waals surface area contributed by atoms with Crippen molar-refractivity contribution < 1.29 is 14.7 Å². The molecule has 0 bridgehead atoms. The van der Waals surface area contributed by atoms with Gasteiger partial charge in [-0.15, -0.1) is 0 Å². The molecule has 130 valence electrons. The third-order valence-corrected chi connectivity index (χ3v) is 5.60. The number of hydrogen-bond acceptors (Lipinski definition) is 3. The van der Waals surface area contributed by atoms with Crippen LogP contribution in [0.4, 0.5) is 0 Å². The molecular formula is C19H20N2O4. The first-order chi connectivity index (χ1) is 12.1. The molecule has 1 aliphatic heterocycles. The van der Waals surface area contributed by atoms with Gasteiger partial charge in [0.05, 0.1) is 11.1 Å². The Bertz CT molecular complexity index is 904. The molecule has 3 atom stereocenters. The van der Waals surface area contributed by atoms with E-state index in [0.29, 0.717) is 17.5 Å². The number of aliphatic carboxylic acids is 1. The number of benzene rings is 1. The van der Waals surface area contributed by atoms with Gasteiger partial charge in [-0.25, -0.2) is 4.79 Å². The van der Waals surface area contributed by atoms with Crippen LogP contribution in [-0.2, 0) is 4.79 Å². The number of carboxylic acids is 1. The molecule has 25 heavy (non-hydrogen) atoms. The molecule has 1 aromatic carbocycles. The summed E-state index contributed by atoms with van der Waals surface area (Å²) in [7, 11) is 0. The molecule has 4 rings (SSSR count). The maximum absolute atomic E-state index is 13.3. The van der Waals surface area contributed by atoms with E-state index in [1.807, 2.05) is 6.07 Å². The lowest BCUT2D eigenvalue weighted by Crippen LogP contribution is -2.46. The molecule has 3 unspecified atom stereocenters. The molecule has 0 radical (unpaired) electrons. The first kappa shape index (κ1) is 15.9. The van der Waals surface area contributed by atoms with Crippen molar-refractivity contribution in [2.45, 2.75) is 44.2 Å². The predicted octanol–water partition coefficient (Wildman–Crippen LogP) is 2.39. The lowest BCUT2D eigenvalue weighted by Gasteiger charge is -2.33.